The fourth-order valence-electron chi connectivity index (χ4n) is 1.80. The Morgan fingerprint density at radius 1 is 1.40 bits per heavy atom. The highest BCUT2D eigenvalue weighted by Crippen LogP contribution is 2.17. The number of rotatable bonds is 5. The summed E-state index contributed by atoms with van der Waals surface area (Å²) >= 11 is 1.71. The first-order chi connectivity index (χ1) is 9.61. The highest BCUT2D eigenvalue weighted by Gasteiger charge is 2.10. The predicted octanol–water partition coefficient (Wildman–Crippen LogP) is 2.17. The van der Waals surface area contributed by atoms with Gasteiger partial charge in [0.1, 0.15) is 5.82 Å². The maximum absolute atomic E-state index is 11.7. The summed E-state index contributed by atoms with van der Waals surface area (Å²) in [6.07, 6.45) is 2.50. The summed E-state index contributed by atoms with van der Waals surface area (Å²) in [7, 11) is 1.61. The van der Waals surface area contributed by atoms with Crippen LogP contribution in [0, 0.1) is 13.8 Å². The van der Waals surface area contributed by atoms with Crippen LogP contribution < -0.4 is 10.6 Å². The standard InChI is InChI=1S/C14H18N4OS/c1-9-10(2)20-12(18-9)6-8-17-13-11(14(19)15-3)5-4-7-16-13/h4-5,7H,6,8H2,1-3H3,(H,15,19)(H,16,17). The van der Waals surface area contributed by atoms with Crippen LogP contribution in [0.25, 0.3) is 0 Å². The molecular formula is C14H18N4OS. The van der Waals surface area contributed by atoms with Crippen molar-refractivity contribution in [2.24, 2.45) is 0 Å². The summed E-state index contributed by atoms with van der Waals surface area (Å²) in [6.45, 7) is 4.80. The molecule has 0 saturated heterocycles. The van der Waals surface area contributed by atoms with Crippen LogP contribution in [0.5, 0.6) is 0 Å². The summed E-state index contributed by atoms with van der Waals surface area (Å²) in [5.74, 6) is 0.471. The number of hydrogen-bond acceptors (Lipinski definition) is 5. The molecule has 0 atom stereocenters. The number of carbonyl (C=O) groups excluding carboxylic acids is 1. The van der Waals surface area contributed by atoms with Crippen LogP contribution in [0.4, 0.5) is 5.82 Å². The number of amides is 1. The van der Waals surface area contributed by atoms with Crippen molar-refractivity contribution in [3.05, 3.63) is 39.5 Å². The topological polar surface area (TPSA) is 66.9 Å². The molecule has 0 spiro atoms. The van der Waals surface area contributed by atoms with E-state index in [2.05, 4.69) is 27.5 Å². The van der Waals surface area contributed by atoms with Gasteiger partial charge in [-0.2, -0.15) is 0 Å². The molecule has 0 aliphatic carbocycles. The minimum absolute atomic E-state index is 0.137. The van der Waals surface area contributed by atoms with Gasteiger partial charge < -0.3 is 10.6 Å². The van der Waals surface area contributed by atoms with E-state index in [-0.39, 0.29) is 5.91 Å². The lowest BCUT2D eigenvalue weighted by atomic mass is 10.2. The third-order valence-corrected chi connectivity index (χ3v) is 4.12. The first-order valence-electron chi connectivity index (χ1n) is 6.45. The number of aromatic nitrogens is 2. The van der Waals surface area contributed by atoms with Gasteiger partial charge in [-0.25, -0.2) is 9.97 Å². The van der Waals surface area contributed by atoms with Crippen LogP contribution in [0.1, 0.15) is 25.9 Å². The number of anilines is 1. The average molecular weight is 290 g/mol. The first-order valence-corrected chi connectivity index (χ1v) is 7.27. The van der Waals surface area contributed by atoms with E-state index in [0.29, 0.717) is 17.9 Å². The Balaban J connectivity index is 1.99. The lowest BCUT2D eigenvalue weighted by Crippen LogP contribution is -2.20. The monoisotopic (exact) mass is 290 g/mol. The van der Waals surface area contributed by atoms with Crippen LogP contribution >= 0.6 is 11.3 Å². The Morgan fingerprint density at radius 3 is 2.85 bits per heavy atom. The third-order valence-electron chi connectivity index (χ3n) is 2.98. The number of pyridine rings is 1. The minimum Gasteiger partial charge on any atom is -0.369 e. The maximum atomic E-state index is 11.7. The van der Waals surface area contributed by atoms with Crippen LogP contribution in [0.2, 0.25) is 0 Å². The molecule has 5 nitrogen and oxygen atoms in total. The van der Waals surface area contributed by atoms with E-state index < -0.39 is 0 Å². The summed E-state index contributed by atoms with van der Waals surface area (Å²) in [4.78, 5) is 21.7. The number of aryl methyl sites for hydroxylation is 2. The quantitative estimate of drug-likeness (QED) is 0.885. The van der Waals surface area contributed by atoms with Crippen LogP contribution in [0.3, 0.4) is 0 Å². The molecule has 0 radical (unpaired) electrons. The molecule has 2 aromatic heterocycles. The van der Waals surface area contributed by atoms with Gasteiger partial charge in [-0.1, -0.05) is 0 Å². The van der Waals surface area contributed by atoms with Crippen molar-refractivity contribution in [2.75, 3.05) is 18.9 Å². The fourth-order valence-corrected chi connectivity index (χ4v) is 2.73. The number of nitrogens with zero attached hydrogens (tertiary/aromatic N) is 2. The zero-order chi connectivity index (χ0) is 14.5. The Hall–Kier alpha value is -1.95. The van der Waals surface area contributed by atoms with Gasteiger partial charge in [0, 0.05) is 31.1 Å². The lowest BCUT2D eigenvalue weighted by Gasteiger charge is -2.08. The Kier molecular flexibility index (Phi) is 4.68. The molecule has 0 saturated carbocycles. The van der Waals surface area contributed by atoms with Crippen molar-refractivity contribution >= 4 is 23.1 Å². The molecule has 2 rings (SSSR count). The molecule has 2 N–H and O–H groups in total. The van der Waals surface area contributed by atoms with E-state index in [9.17, 15) is 4.79 Å². The maximum Gasteiger partial charge on any atom is 0.254 e. The molecule has 0 bridgehead atoms. The Morgan fingerprint density at radius 2 is 2.20 bits per heavy atom. The van der Waals surface area contributed by atoms with Gasteiger partial charge in [0.15, 0.2) is 0 Å². The van der Waals surface area contributed by atoms with E-state index in [1.54, 1.807) is 36.7 Å². The van der Waals surface area contributed by atoms with Crippen molar-refractivity contribution in [1.29, 1.82) is 0 Å². The summed E-state index contributed by atoms with van der Waals surface area (Å²) in [6, 6.07) is 3.51. The van der Waals surface area contributed by atoms with Crippen molar-refractivity contribution in [1.82, 2.24) is 15.3 Å². The van der Waals surface area contributed by atoms with Crippen LogP contribution in [0.15, 0.2) is 18.3 Å². The molecule has 6 heteroatoms. The number of nitrogens with one attached hydrogen (secondary N) is 2. The van der Waals surface area contributed by atoms with E-state index in [1.165, 1.54) is 4.88 Å². The van der Waals surface area contributed by atoms with Gasteiger partial charge in [0.2, 0.25) is 0 Å². The van der Waals surface area contributed by atoms with Gasteiger partial charge in [-0.3, -0.25) is 4.79 Å². The molecule has 0 aliphatic heterocycles. The molecule has 106 valence electrons. The molecular weight excluding hydrogens is 272 g/mol. The van der Waals surface area contributed by atoms with E-state index in [0.717, 1.165) is 17.1 Å². The SMILES string of the molecule is CNC(=O)c1cccnc1NCCc1nc(C)c(C)s1. The first kappa shape index (κ1) is 14.5. The zero-order valence-corrected chi connectivity index (χ0v) is 12.7. The second-order valence-corrected chi connectivity index (χ2v) is 5.69. The number of hydrogen-bond donors (Lipinski definition) is 2. The smallest absolute Gasteiger partial charge is 0.254 e. The van der Waals surface area contributed by atoms with Gasteiger partial charge in [-0.05, 0) is 26.0 Å². The second-order valence-electron chi connectivity index (χ2n) is 4.40. The zero-order valence-electron chi connectivity index (χ0n) is 11.9. The van der Waals surface area contributed by atoms with Gasteiger partial charge in [-0.15, -0.1) is 11.3 Å². The van der Waals surface area contributed by atoms with E-state index in [4.69, 9.17) is 0 Å². The molecule has 0 fully saturated rings. The Labute approximate surface area is 122 Å². The van der Waals surface area contributed by atoms with Crippen LogP contribution in [-0.4, -0.2) is 29.5 Å². The summed E-state index contributed by atoms with van der Waals surface area (Å²) < 4.78 is 0. The van der Waals surface area contributed by atoms with E-state index in [1.807, 2.05) is 6.92 Å². The molecule has 20 heavy (non-hydrogen) atoms. The minimum atomic E-state index is -0.137. The van der Waals surface area contributed by atoms with Crippen LogP contribution in [-0.2, 0) is 6.42 Å². The number of carbonyl (C=O) groups is 1. The van der Waals surface area contributed by atoms with Crippen molar-refractivity contribution in [3.63, 3.8) is 0 Å². The predicted molar refractivity (Wildman–Crippen MR) is 81.4 cm³/mol. The van der Waals surface area contributed by atoms with Crippen molar-refractivity contribution < 1.29 is 4.79 Å². The van der Waals surface area contributed by atoms with E-state index >= 15 is 0 Å². The van der Waals surface area contributed by atoms with Gasteiger partial charge >= 0.3 is 0 Å². The Bertz CT molecular complexity index is 589. The lowest BCUT2D eigenvalue weighted by molar-refractivity contribution is 0.0963. The van der Waals surface area contributed by atoms with Crippen molar-refractivity contribution in [3.8, 4) is 0 Å². The molecule has 1 amide bonds. The normalized spacial score (nSPS) is 10.3. The van der Waals surface area contributed by atoms with Crippen molar-refractivity contribution in [2.45, 2.75) is 20.3 Å². The second kappa shape index (κ2) is 6.47. The molecule has 2 aromatic rings. The highest BCUT2D eigenvalue weighted by atomic mass is 32.1. The van der Waals surface area contributed by atoms with Gasteiger partial charge in [0.25, 0.3) is 5.91 Å². The third kappa shape index (κ3) is 3.33. The molecule has 0 unspecified atom stereocenters. The molecule has 0 aromatic carbocycles. The number of thiazole rings is 1. The largest absolute Gasteiger partial charge is 0.369 e. The summed E-state index contributed by atoms with van der Waals surface area (Å²) in [5.41, 5.74) is 1.65. The molecule has 0 aliphatic rings. The highest BCUT2D eigenvalue weighted by molar-refractivity contribution is 7.11. The molecule has 2 heterocycles. The van der Waals surface area contributed by atoms with Gasteiger partial charge in [0.05, 0.1) is 16.3 Å². The fraction of sp³-hybridized carbons (Fsp3) is 0.357. The summed E-state index contributed by atoms with van der Waals surface area (Å²) in [5, 5.41) is 6.91. The average Bonchev–Trinajstić information content (AvgIpc) is 2.77.